The van der Waals surface area contributed by atoms with Gasteiger partial charge in [0.25, 0.3) is 0 Å². The van der Waals surface area contributed by atoms with Gasteiger partial charge in [-0.25, -0.2) is 9.13 Å². The summed E-state index contributed by atoms with van der Waals surface area (Å²) in [5.41, 5.74) is 2.94. The predicted molar refractivity (Wildman–Crippen MR) is 146 cm³/mol. The fourth-order valence-electron chi connectivity index (χ4n) is 3.20. The van der Waals surface area contributed by atoms with Gasteiger partial charge in [-0.05, 0) is 22.3 Å². The van der Waals surface area contributed by atoms with E-state index in [0.717, 1.165) is 22.3 Å². The molecule has 4 rings (SSSR count). The zero-order chi connectivity index (χ0) is 27.8. The molecule has 0 saturated carbocycles. The Morgan fingerprint density at radius 1 is 0.436 bits per heavy atom. The zero-order valence-electron chi connectivity index (χ0n) is 21.1. The molecule has 0 aliphatic carbocycles. The Morgan fingerprint density at radius 3 is 0.846 bits per heavy atom. The maximum absolute atomic E-state index is 13.8. The van der Waals surface area contributed by atoms with Gasteiger partial charge in [0, 0.05) is 0 Å². The van der Waals surface area contributed by atoms with E-state index in [4.69, 9.17) is 34.2 Å². The Balaban J connectivity index is 0.00000205. The average Bonchev–Trinajstić information content (AvgIpc) is 3.00. The third-order valence-corrected chi connectivity index (χ3v) is 8.51. The van der Waals surface area contributed by atoms with Gasteiger partial charge in [-0.1, -0.05) is 121 Å². The van der Waals surface area contributed by atoms with Crippen molar-refractivity contribution in [3.8, 4) is 0 Å². The second-order valence-electron chi connectivity index (χ2n) is 8.01. The standard InChI is InChI=1S/C28H28O7P2.CN/c29-36(31-21-25-13-5-1-6-14-25,32-22-26-15-7-2-8-16-26)35-37(30,33-23-27-17-9-3-10-18-27)34-24-28-19-11-4-12-20-28;1-2/h1-20H,21-24H2;/q;-1. The maximum atomic E-state index is 13.8. The van der Waals surface area contributed by atoms with Gasteiger partial charge in [-0.15, -0.1) is 0 Å². The van der Waals surface area contributed by atoms with E-state index < -0.39 is 15.6 Å². The Morgan fingerprint density at radius 2 is 0.641 bits per heavy atom. The molecule has 0 aliphatic heterocycles. The van der Waals surface area contributed by atoms with Crippen LogP contribution >= 0.6 is 15.6 Å². The van der Waals surface area contributed by atoms with Gasteiger partial charge in [-0.3, -0.25) is 18.1 Å². The van der Waals surface area contributed by atoms with Crippen molar-refractivity contribution in [1.29, 1.82) is 5.26 Å². The Hall–Kier alpha value is -3.37. The van der Waals surface area contributed by atoms with Gasteiger partial charge in [-0.2, -0.15) is 4.31 Å². The van der Waals surface area contributed by atoms with Crippen molar-refractivity contribution in [2.24, 2.45) is 0 Å². The first-order chi connectivity index (χ1) is 19.0. The van der Waals surface area contributed by atoms with Crippen LogP contribution in [0.5, 0.6) is 0 Å². The highest BCUT2D eigenvalue weighted by molar-refractivity contribution is 7.62. The average molecular weight is 564 g/mol. The lowest BCUT2D eigenvalue weighted by Gasteiger charge is -2.23. The number of hydrogen-bond acceptors (Lipinski definition) is 8. The third-order valence-electron chi connectivity index (χ3n) is 5.13. The number of phosphoric ester groups is 2. The minimum absolute atomic E-state index is 0.0930. The van der Waals surface area contributed by atoms with E-state index in [2.05, 4.69) is 0 Å². The van der Waals surface area contributed by atoms with Crippen LogP contribution < -0.4 is 0 Å². The Kier molecular flexibility index (Phi) is 12.3. The SMILES string of the molecule is O=P(OCc1ccccc1)(OCc1ccccc1)OP(=O)(OCc1ccccc1)OCc1ccccc1.[C-]#N. The van der Waals surface area contributed by atoms with E-state index in [0.29, 0.717) is 0 Å². The summed E-state index contributed by atoms with van der Waals surface area (Å²) in [5.74, 6) is 0. The van der Waals surface area contributed by atoms with Crippen molar-refractivity contribution < 1.29 is 31.5 Å². The summed E-state index contributed by atoms with van der Waals surface area (Å²) in [6.45, 7) is 4.38. The molecule has 10 heteroatoms. The zero-order valence-corrected chi connectivity index (χ0v) is 22.9. The van der Waals surface area contributed by atoms with Crippen molar-refractivity contribution in [2.75, 3.05) is 0 Å². The molecule has 0 atom stereocenters. The van der Waals surface area contributed by atoms with Crippen molar-refractivity contribution >= 4 is 15.6 Å². The van der Waals surface area contributed by atoms with Crippen LogP contribution in [-0.2, 0) is 58.0 Å². The molecule has 0 fully saturated rings. The predicted octanol–water partition coefficient (Wildman–Crippen LogP) is 8.18. The summed E-state index contributed by atoms with van der Waals surface area (Å²) in [6.07, 6.45) is 0. The van der Waals surface area contributed by atoms with E-state index in [1.807, 2.05) is 72.8 Å². The summed E-state index contributed by atoms with van der Waals surface area (Å²) in [5, 5.41) is 6.25. The molecule has 0 aliphatic rings. The van der Waals surface area contributed by atoms with E-state index in [1.54, 1.807) is 48.5 Å². The van der Waals surface area contributed by atoms with E-state index in [-0.39, 0.29) is 26.4 Å². The minimum Gasteiger partial charge on any atom is -0.512 e. The van der Waals surface area contributed by atoms with Crippen LogP contribution in [-0.4, -0.2) is 0 Å². The highest BCUT2D eigenvalue weighted by Gasteiger charge is 2.41. The molecule has 202 valence electrons. The largest absolute Gasteiger partial charge is 0.512 e. The van der Waals surface area contributed by atoms with Gasteiger partial charge in [0.05, 0.1) is 26.4 Å². The quantitative estimate of drug-likeness (QED) is 0.112. The molecule has 0 spiro atoms. The lowest BCUT2D eigenvalue weighted by Crippen LogP contribution is -2.05. The topological polar surface area (TPSA) is 104 Å². The minimum atomic E-state index is -4.43. The third kappa shape index (κ3) is 10.7. The van der Waals surface area contributed by atoms with Gasteiger partial charge < -0.3 is 11.8 Å². The second kappa shape index (κ2) is 15.9. The maximum Gasteiger partial charge on any atom is 0.484 e. The van der Waals surface area contributed by atoms with E-state index >= 15 is 0 Å². The number of rotatable bonds is 14. The highest BCUT2D eigenvalue weighted by Crippen LogP contribution is 2.67. The number of nitrogens with zero attached hydrogens (tertiary/aromatic N) is 1. The van der Waals surface area contributed by atoms with E-state index in [1.165, 1.54) is 0 Å². The monoisotopic (exact) mass is 564 g/mol. The summed E-state index contributed by atoms with van der Waals surface area (Å²) in [4.78, 5) is 0. The first-order valence-electron chi connectivity index (χ1n) is 11.9. The van der Waals surface area contributed by atoms with Crippen molar-refractivity contribution in [3.05, 3.63) is 150 Å². The van der Waals surface area contributed by atoms with Crippen molar-refractivity contribution in [1.82, 2.24) is 0 Å². The van der Waals surface area contributed by atoms with Gasteiger partial charge in [0.15, 0.2) is 0 Å². The molecule has 0 N–H and O–H groups in total. The van der Waals surface area contributed by atoms with Gasteiger partial charge in [0.1, 0.15) is 0 Å². The fraction of sp³-hybridized carbons (Fsp3) is 0.138. The first kappa shape index (κ1) is 30.2. The molecule has 0 bridgehead atoms. The molecule has 8 nitrogen and oxygen atoms in total. The first-order valence-corrected chi connectivity index (χ1v) is 14.8. The molecule has 4 aromatic rings. The number of phosphoric acid groups is 2. The van der Waals surface area contributed by atoms with Crippen molar-refractivity contribution in [3.63, 3.8) is 0 Å². The molecular formula is C29H28NO7P2-. The molecular weight excluding hydrogens is 536 g/mol. The van der Waals surface area contributed by atoms with Crippen LogP contribution in [0.3, 0.4) is 0 Å². The molecule has 4 aromatic carbocycles. The highest BCUT2D eigenvalue weighted by atomic mass is 31.3. The van der Waals surface area contributed by atoms with Gasteiger partial charge in [0.2, 0.25) is 0 Å². The van der Waals surface area contributed by atoms with Crippen LogP contribution in [0.25, 0.3) is 0 Å². The van der Waals surface area contributed by atoms with Crippen LogP contribution in [0.15, 0.2) is 121 Å². The second-order valence-corrected chi connectivity index (χ2v) is 11.5. The Bertz CT molecular complexity index is 1160. The summed E-state index contributed by atoms with van der Waals surface area (Å²) in [7, 11) is -8.85. The smallest absolute Gasteiger partial charge is 0.484 e. The summed E-state index contributed by atoms with van der Waals surface area (Å²) >= 11 is 0. The van der Waals surface area contributed by atoms with Crippen LogP contribution in [0.4, 0.5) is 0 Å². The summed E-state index contributed by atoms with van der Waals surface area (Å²) < 4.78 is 55.6. The Labute approximate surface area is 228 Å². The van der Waals surface area contributed by atoms with E-state index in [9.17, 15) is 9.13 Å². The van der Waals surface area contributed by atoms with Crippen LogP contribution in [0.2, 0.25) is 0 Å². The molecule has 0 heterocycles. The van der Waals surface area contributed by atoms with Crippen LogP contribution in [0.1, 0.15) is 22.3 Å². The summed E-state index contributed by atoms with van der Waals surface area (Å²) in [6, 6.07) is 36.5. The molecule has 39 heavy (non-hydrogen) atoms. The lowest BCUT2D eigenvalue weighted by molar-refractivity contribution is 0.0967. The fourth-order valence-corrected chi connectivity index (χ4v) is 6.31. The molecule has 0 aromatic heterocycles. The molecule has 0 radical (unpaired) electrons. The molecule has 0 saturated heterocycles. The molecule has 0 amide bonds. The van der Waals surface area contributed by atoms with Crippen LogP contribution in [0, 0.1) is 11.8 Å². The lowest BCUT2D eigenvalue weighted by atomic mass is 10.2. The van der Waals surface area contributed by atoms with Gasteiger partial charge >= 0.3 is 15.6 Å². The normalized spacial score (nSPS) is 11.3. The van der Waals surface area contributed by atoms with Crippen molar-refractivity contribution in [2.45, 2.75) is 26.4 Å². The number of hydrogen-bond donors (Lipinski definition) is 0. The molecule has 0 unspecified atom stereocenters. The number of benzene rings is 4.